The van der Waals surface area contributed by atoms with Gasteiger partial charge in [-0.1, -0.05) is 13.0 Å². The van der Waals surface area contributed by atoms with Crippen molar-refractivity contribution < 1.29 is 14.2 Å². The van der Waals surface area contributed by atoms with Crippen LogP contribution in [0.3, 0.4) is 0 Å². The molecule has 0 N–H and O–H groups in total. The zero-order chi connectivity index (χ0) is 13.9. The Morgan fingerprint density at radius 2 is 1.89 bits per heavy atom. The van der Waals surface area contributed by atoms with E-state index in [9.17, 15) is 0 Å². The smallest absolute Gasteiger partial charge is 0.127 e. The molecule has 0 radical (unpaired) electrons. The predicted octanol–water partition coefficient (Wildman–Crippen LogP) is 4.02. The molecule has 0 aliphatic heterocycles. The molecule has 3 nitrogen and oxygen atoms in total. The van der Waals surface area contributed by atoms with E-state index >= 15 is 0 Å². The summed E-state index contributed by atoms with van der Waals surface area (Å²) in [6.45, 7) is 6.87. The Bertz CT molecular complexity index is 355. The molecule has 108 valence electrons. The molecule has 0 unspecified atom stereocenters. The van der Waals surface area contributed by atoms with E-state index < -0.39 is 0 Å². The molecular weight excluding hydrogens is 264 g/mol. The summed E-state index contributed by atoms with van der Waals surface area (Å²) in [5.41, 5.74) is 0.988. The highest BCUT2D eigenvalue weighted by Crippen LogP contribution is 2.26. The molecule has 0 saturated heterocycles. The van der Waals surface area contributed by atoms with Crippen molar-refractivity contribution in [2.45, 2.75) is 32.6 Å². The minimum atomic E-state index is 0.439. The van der Waals surface area contributed by atoms with E-state index in [1.807, 2.05) is 25.1 Å². The second-order valence-corrected chi connectivity index (χ2v) is 4.42. The summed E-state index contributed by atoms with van der Waals surface area (Å²) in [7, 11) is 0. The van der Waals surface area contributed by atoms with Crippen LogP contribution in [0.25, 0.3) is 0 Å². The fourth-order valence-corrected chi connectivity index (χ4v) is 1.80. The molecule has 1 aromatic carbocycles. The normalized spacial score (nSPS) is 10.5. The van der Waals surface area contributed by atoms with Gasteiger partial charge in [0.05, 0.1) is 19.1 Å². The van der Waals surface area contributed by atoms with Crippen LogP contribution < -0.4 is 9.47 Å². The first-order chi connectivity index (χ1) is 9.31. The first kappa shape index (κ1) is 16.1. The average Bonchev–Trinajstić information content (AvgIpc) is 2.45. The highest BCUT2D eigenvalue weighted by atomic mass is 35.5. The van der Waals surface area contributed by atoms with Crippen molar-refractivity contribution in [3.05, 3.63) is 23.8 Å². The average molecular weight is 287 g/mol. The second kappa shape index (κ2) is 9.93. The van der Waals surface area contributed by atoms with Gasteiger partial charge in [-0.3, -0.25) is 0 Å². The molecule has 0 bridgehead atoms. The number of alkyl halides is 1. The van der Waals surface area contributed by atoms with Gasteiger partial charge in [-0.2, -0.15) is 0 Å². The Morgan fingerprint density at radius 3 is 2.58 bits per heavy atom. The highest BCUT2D eigenvalue weighted by molar-refractivity contribution is 6.17. The van der Waals surface area contributed by atoms with Crippen molar-refractivity contribution in [3.8, 4) is 11.5 Å². The Balaban J connectivity index is 2.52. The molecule has 0 fully saturated rings. The third-order valence-electron chi connectivity index (χ3n) is 2.55. The number of benzene rings is 1. The molecule has 0 saturated carbocycles. The topological polar surface area (TPSA) is 27.7 Å². The van der Waals surface area contributed by atoms with Crippen LogP contribution in [-0.4, -0.2) is 26.4 Å². The number of rotatable bonds is 10. The third kappa shape index (κ3) is 6.17. The number of halogens is 1. The van der Waals surface area contributed by atoms with Crippen LogP contribution in [0.4, 0.5) is 0 Å². The van der Waals surface area contributed by atoms with Gasteiger partial charge in [0.1, 0.15) is 11.5 Å². The van der Waals surface area contributed by atoms with Crippen molar-refractivity contribution in [1.29, 1.82) is 0 Å². The van der Waals surface area contributed by atoms with Gasteiger partial charge in [0.25, 0.3) is 0 Å². The Morgan fingerprint density at radius 1 is 1.05 bits per heavy atom. The van der Waals surface area contributed by atoms with Crippen LogP contribution in [0.5, 0.6) is 11.5 Å². The highest BCUT2D eigenvalue weighted by Gasteiger charge is 2.05. The van der Waals surface area contributed by atoms with Crippen molar-refractivity contribution in [2.75, 3.05) is 26.4 Å². The summed E-state index contributed by atoms with van der Waals surface area (Å²) >= 11 is 5.91. The van der Waals surface area contributed by atoms with E-state index in [0.29, 0.717) is 19.1 Å². The van der Waals surface area contributed by atoms with Gasteiger partial charge in [0.2, 0.25) is 0 Å². The second-order valence-electron chi connectivity index (χ2n) is 4.15. The van der Waals surface area contributed by atoms with Gasteiger partial charge in [-0.25, -0.2) is 0 Å². The third-order valence-corrected chi connectivity index (χ3v) is 2.84. The summed E-state index contributed by atoms with van der Waals surface area (Å²) in [5, 5.41) is 0. The van der Waals surface area contributed by atoms with E-state index in [-0.39, 0.29) is 0 Å². The molecule has 0 heterocycles. The number of hydrogen-bond donors (Lipinski definition) is 0. The van der Waals surface area contributed by atoms with Crippen LogP contribution in [0, 0.1) is 0 Å². The first-order valence-corrected chi connectivity index (χ1v) is 7.37. The van der Waals surface area contributed by atoms with E-state index in [1.54, 1.807) is 0 Å². The van der Waals surface area contributed by atoms with Crippen LogP contribution in [0.1, 0.15) is 32.3 Å². The van der Waals surface area contributed by atoms with E-state index in [1.165, 1.54) is 0 Å². The Kier molecular flexibility index (Phi) is 8.43. The van der Waals surface area contributed by atoms with Gasteiger partial charge in [-0.15, -0.1) is 11.6 Å². The van der Waals surface area contributed by atoms with Crippen LogP contribution in [-0.2, 0) is 10.6 Å². The van der Waals surface area contributed by atoms with Crippen LogP contribution in [0.15, 0.2) is 18.2 Å². The molecule has 0 aromatic heterocycles. The van der Waals surface area contributed by atoms with E-state index in [2.05, 4.69) is 6.92 Å². The summed E-state index contributed by atoms with van der Waals surface area (Å²) < 4.78 is 16.6. The lowest BCUT2D eigenvalue weighted by Gasteiger charge is -2.12. The van der Waals surface area contributed by atoms with Gasteiger partial charge >= 0.3 is 0 Å². The van der Waals surface area contributed by atoms with Gasteiger partial charge in [0, 0.05) is 31.3 Å². The minimum absolute atomic E-state index is 0.439. The Labute approximate surface area is 120 Å². The molecule has 0 amide bonds. The van der Waals surface area contributed by atoms with Gasteiger partial charge in [-0.05, 0) is 19.4 Å². The molecule has 1 aromatic rings. The molecule has 19 heavy (non-hydrogen) atoms. The zero-order valence-electron chi connectivity index (χ0n) is 11.8. The summed E-state index contributed by atoms with van der Waals surface area (Å²) in [5.74, 6) is 2.07. The molecule has 4 heteroatoms. The fourth-order valence-electron chi connectivity index (χ4n) is 1.58. The molecule has 0 aliphatic carbocycles. The lowest BCUT2D eigenvalue weighted by Crippen LogP contribution is -2.04. The minimum Gasteiger partial charge on any atom is -0.493 e. The lowest BCUT2D eigenvalue weighted by atomic mass is 10.2. The molecule has 0 aliphatic rings. The predicted molar refractivity (Wildman–Crippen MR) is 78.4 cm³/mol. The van der Waals surface area contributed by atoms with Crippen molar-refractivity contribution in [1.82, 2.24) is 0 Å². The molecule has 0 spiro atoms. The van der Waals surface area contributed by atoms with Crippen LogP contribution in [0.2, 0.25) is 0 Å². The molecule has 1 rings (SSSR count). The van der Waals surface area contributed by atoms with E-state index in [0.717, 1.165) is 43.1 Å². The number of ether oxygens (including phenoxy) is 3. The van der Waals surface area contributed by atoms with Crippen molar-refractivity contribution in [2.24, 2.45) is 0 Å². The maximum Gasteiger partial charge on any atom is 0.127 e. The summed E-state index contributed by atoms with van der Waals surface area (Å²) in [6, 6.07) is 5.80. The quantitative estimate of drug-likeness (QED) is 0.480. The van der Waals surface area contributed by atoms with Gasteiger partial charge < -0.3 is 14.2 Å². The first-order valence-electron chi connectivity index (χ1n) is 6.84. The molecular formula is C15H23ClO3. The Hall–Kier alpha value is -0.930. The lowest BCUT2D eigenvalue weighted by molar-refractivity contribution is 0.130. The maximum atomic E-state index is 5.91. The maximum absolute atomic E-state index is 5.91. The standard InChI is InChI=1S/C15H23ClO3/c1-3-8-18-14-7-6-13(12-16)15(11-14)19-10-5-9-17-4-2/h6-7,11H,3-5,8-10,12H2,1-2H3. The van der Waals surface area contributed by atoms with Crippen molar-refractivity contribution in [3.63, 3.8) is 0 Å². The van der Waals surface area contributed by atoms with Crippen LogP contribution >= 0.6 is 11.6 Å². The SMILES string of the molecule is CCCOc1ccc(CCl)c(OCCCOCC)c1. The number of hydrogen-bond acceptors (Lipinski definition) is 3. The largest absolute Gasteiger partial charge is 0.493 e. The zero-order valence-corrected chi connectivity index (χ0v) is 12.5. The van der Waals surface area contributed by atoms with Gasteiger partial charge in [0.15, 0.2) is 0 Å². The van der Waals surface area contributed by atoms with E-state index in [4.69, 9.17) is 25.8 Å². The fraction of sp³-hybridized carbons (Fsp3) is 0.600. The molecule has 0 atom stereocenters. The van der Waals surface area contributed by atoms with Crippen molar-refractivity contribution >= 4 is 11.6 Å². The monoisotopic (exact) mass is 286 g/mol. The summed E-state index contributed by atoms with van der Waals surface area (Å²) in [6.07, 6.45) is 1.86. The summed E-state index contributed by atoms with van der Waals surface area (Å²) in [4.78, 5) is 0.